The molecular formula is C13H26N2. The Bertz CT molecular complexity index is 245. The molecule has 1 N–H and O–H groups in total. The minimum absolute atomic E-state index is 0.453. The summed E-state index contributed by atoms with van der Waals surface area (Å²) in [5, 5.41) is 3.63. The number of piperidine rings is 2. The van der Waals surface area contributed by atoms with Gasteiger partial charge in [-0.1, -0.05) is 27.7 Å². The van der Waals surface area contributed by atoms with Gasteiger partial charge in [0.2, 0.25) is 0 Å². The second-order valence-electron chi connectivity index (χ2n) is 7.02. The number of nitrogens with zero attached hydrogens (tertiary/aromatic N) is 1. The van der Waals surface area contributed by atoms with E-state index in [1.165, 1.54) is 26.2 Å². The van der Waals surface area contributed by atoms with Gasteiger partial charge < -0.3 is 10.2 Å². The van der Waals surface area contributed by atoms with Crippen molar-refractivity contribution in [1.82, 2.24) is 10.2 Å². The van der Waals surface area contributed by atoms with Gasteiger partial charge in [-0.2, -0.15) is 0 Å². The van der Waals surface area contributed by atoms with Crippen LogP contribution >= 0.6 is 0 Å². The molecule has 2 atom stereocenters. The van der Waals surface area contributed by atoms with Crippen LogP contribution in [-0.4, -0.2) is 38.1 Å². The van der Waals surface area contributed by atoms with Crippen molar-refractivity contribution in [3.63, 3.8) is 0 Å². The maximum Gasteiger partial charge on any atom is 0.00330 e. The van der Waals surface area contributed by atoms with Crippen LogP contribution in [0.15, 0.2) is 0 Å². The van der Waals surface area contributed by atoms with Gasteiger partial charge in [-0.05, 0) is 36.3 Å². The summed E-state index contributed by atoms with van der Waals surface area (Å²) in [6.45, 7) is 14.6. The zero-order valence-corrected chi connectivity index (χ0v) is 10.9. The molecule has 0 saturated carbocycles. The molecular weight excluding hydrogens is 184 g/mol. The van der Waals surface area contributed by atoms with Gasteiger partial charge in [0.25, 0.3) is 0 Å². The lowest BCUT2D eigenvalue weighted by molar-refractivity contribution is -0.0556. The summed E-state index contributed by atoms with van der Waals surface area (Å²) in [7, 11) is 2.27. The Kier molecular flexibility index (Phi) is 2.63. The summed E-state index contributed by atoms with van der Waals surface area (Å²) in [5.74, 6) is 1.70. The van der Waals surface area contributed by atoms with Gasteiger partial charge in [-0.25, -0.2) is 0 Å². The van der Waals surface area contributed by atoms with Crippen LogP contribution in [0, 0.1) is 22.7 Å². The minimum atomic E-state index is 0.453. The van der Waals surface area contributed by atoms with Crippen LogP contribution in [0.1, 0.15) is 27.7 Å². The van der Waals surface area contributed by atoms with Crippen molar-refractivity contribution >= 4 is 0 Å². The maximum atomic E-state index is 3.63. The van der Waals surface area contributed by atoms with Crippen LogP contribution in [-0.2, 0) is 0 Å². The van der Waals surface area contributed by atoms with Crippen molar-refractivity contribution in [3.05, 3.63) is 0 Å². The molecule has 2 unspecified atom stereocenters. The van der Waals surface area contributed by atoms with E-state index in [4.69, 9.17) is 0 Å². The van der Waals surface area contributed by atoms with Crippen LogP contribution in [0.4, 0.5) is 0 Å². The Morgan fingerprint density at radius 1 is 1.07 bits per heavy atom. The number of nitrogens with one attached hydrogen (secondary N) is 1. The summed E-state index contributed by atoms with van der Waals surface area (Å²) >= 11 is 0. The monoisotopic (exact) mass is 210 g/mol. The fourth-order valence-corrected chi connectivity index (χ4v) is 3.78. The first kappa shape index (κ1) is 11.4. The summed E-state index contributed by atoms with van der Waals surface area (Å²) in [5.41, 5.74) is 0.914. The Labute approximate surface area is 94.4 Å². The third-order valence-electron chi connectivity index (χ3n) is 4.62. The van der Waals surface area contributed by atoms with Crippen LogP contribution in [0.25, 0.3) is 0 Å². The van der Waals surface area contributed by atoms with Crippen molar-refractivity contribution in [2.24, 2.45) is 22.7 Å². The first-order valence-electron chi connectivity index (χ1n) is 6.22. The molecule has 2 aliphatic heterocycles. The van der Waals surface area contributed by atoms with E-state index in [1.54, 1.807) is 0 Å². The van der Waals surface area contributed by atoms with Crippen LogP contribution in [0.3, 0.4) is 0 Å². The molecule has 2 fully saturated rings. The third kappa shape index (κ3) is 1.94. The van der Waals surface area contributed by atoms with Crippen molar-refractivity contribution in [2.75, 3.05) is 33.2 Å². The summed E-state index contributed by atoms with van der Waals surface area (Å²) < 4.78 is 0. The second kappa shape index (κ2) is 3.46. The van der Waals surface area contributed by atoms with Gasteiger partial charge in [0.1, 0.15) is 0 Å². The molecule has 2 aliphatic rings. The quantitative estimate of drug-likeness (QED) is 0.656. The van der Waals surface area contributed by atoms with Gasteiger partial charge in [0.05, 0.1) is 0 Å². The molecule has 0 radical (unpaired) electrons. The molecule has 0 amide bonds. The predicted octanol–water partition coefficient (Wildman–Crippen LogP) is 1.82. The molecule has 0 aliphatic carbocycles. The lowest BCUT2D eigenvalue weighted by Gasteiger charge is -2.56. The normalized spacial score (nSPS) is 39.8. The van der Waals surface area contributed by atoms with Crippen LogP contribution in [0.5, 0.6) is 0 Å². The zero-order chi connectivity index (χ0) is 11.3. The first-order valence-corrected chi connectivity index (χ1v) is 6.22. The highest BCUT2D eigenvalue weighted by Crippen LogP contribution is 2.46. The molecule has 2 saturated heterocycles. The van der Waals surface area contributed by atoms with E-state index in [9.17, 15) is 0 Å². The molecule has 0 spiro atoms. The van der Waals surface area contributed by atoms with Crippen molar-refractivity contribution in [1.29, 1.82) is 0 Å². The van der Waals surface area contributed by atoms with E-state index in [2.05, 4.69) is 45.0 Å². The van der Waals surface area contributed by atoms with Crippen LogP contribution < -0.4 is 5.32 Å². The van der Waals surface area contributed by atoms with E-state index >= 15 is 0 Å². The lowest BCUT2D eigenvalue weighted by atomic mass is 9.58. The Hall–Kier alpha value is -0.0800. The smallest absolute Gasteiger partial charge is 0.00330 e. The molecule has 0 bridgehead atoms. The Balaban J connectivity index is 2.25. The van der Waals surface area contributed by atoms with Gasteiger partial charge in [0.15, 0.2) is 0 Å². The fourth-order valence-electron chi connectivity index (χ4n) is 3.78. The lowest BCUT2D eigenvalue weighted by Crippen LogP contribution is -2.61. The highest BCUT2D eigenvalue weighted by atomic mass is 15.1. The standard InChI is InChI=1S/C13H26N2/c1-12(2)8-14-6-10-11(12)7-15(5)9-13(10,3)4/h10-11,14H,6-9H2,1-5H3. The molecule has 2 heterocycles. The molecule has 0 aromatic carbocycles. The van der Waals surface area contributed by atoms with Gasteiger partial charge in [0, 0.05) is 19.6 Å². The van der Waals surface area contributed by atoms with Crippen molar-refractivity contribution in [3.8, 4) is 0 Å². The van der Waals surface area contributed by atoms with Crippen molar-refractivity contribution in [2.45, 2.75) is 27.7 Å². The molecule has 0 aromatic rings. The Morgan fingerprint density at radius 3 is 2.40 bits per heavy atom. The molecule has 2 heteroatoms. The Morgan fingerprint density at radius 2 is 1.73 bits per heavy atom. The number of hydrogen-bond acceptors (Lipinski definition) is 2. The average Bonchev–Trinajstić information content (AvgIpc) is 2.05. The number of rotatable bonds is 0. The van der Waals surface area contributed by atoms with Crippen LogP contribution in [0.2, 0.25) is 0 Å². The highest BCUT2D eigenvalue weighted by molar-refractivity contribution is 5.01. The topological polar surface area (TPSA) is 15.3 Å². The molecule has 2 nitrogen and oxygen atoms in total. The largest absolute Gasteiger partial charge is 0.316 e. The average molecular weight is 210 g/mol. The van der Waals surface area contributed by atoms with E-state index in [1.807, 2.05) is 0 Å². The fraction of sp³-hybridized carbons (Fsp3) is 1.00. The summed E-state index contributed by atoms with van der Waals surface area (Å²) in [6, 6.07) is 0. The predicted molar refractivity (Wildman–Crippen MR) is 64.9 cm³/mol. The van der Waals surface area contributed by atoms with E-state index < -0.39 is 0 Å². The number of fused-ring (bicyclic) bond motifs is 1. The number of hydrogen-bond donors (Lipinski definition) is 1. The van der Waals surface area contributed by atoms with E-state index in [0.29, 0.717) is 10.8 Å². The summed E-state index contributed by atoms with van der Waals surface area (Å²) in [4.78, 5) is 2.52. The number of likely N-dealkylation sites (tertiary alicyclic amines) is 1. The first-order chi connectivity index (χ1) is 6.83. The molecule has 0 aromatic heterocycles. The van der Waals surface area contributed by atoms with Gasteiger partial charge >= 0.3 is 0 Å². The molecule has 88 valence electrons. The van der Waals surface area contributed by atoms with E-state index in [-0.39, 0.29) is 0 Å². The third-order valence-corrected chi connectivity index (χ3v) is 4.62. The van der Waals surface area contributed by atoms with E-state index in [0.717, 1.165) is 11.8 Å². The molecule has 2 rings (SSSR count). The van der Waals surface area contributed by atoms with Gasteiger partial charge in [-0.15, -0.1) is 0 Å². The summed E-state index contributed by atoms with van der Waals surface area (Å²) in [6.07, 6.45) is 0. The maximum absolute atomic E-state index is 3.63. The highest BCUT2D eigenvalue weighted by Gasteiger charge is 2.48. The van der Waals surface area contributed by atoms with Crippen molar-refractivity contribution < 1.29 is 0 Å². The second-order valence-corrected chi connectivity index (χ2v) is 7.02. The SMILES string of the molecule is CN1CC2C(CNCC2(C)C)C(C)(C)C1. The zero-order valence-electron chi connectivity index (χ0n) is 10.9. The minimum Gasteiger partial charge on any atom is -0.316 e. The van der Waals surface area contributed by atoms with Gasteiger partial charge in [-0.3, -0.25) is 0 Å². The molecule has 15 heavy (non-hydrogen) atoms.